The van der Waals surface area contributed by atoms with E-state index in [1.807, 2.05) is 12.1 Å². The molecule has 4 N–H and O–H groups in total. The van der Waals surface area contributed by atoms with Gasteiger partial charge < -0.3 is 25.3 Å². The summed E-state index contributed by atoms with van der Waals surface area (Å²) in [6.45, 7) is 3.46. The maximum atomic E-state index is 11.7. The van der Waals surface area contributed by atoms with E-state index in [0.29, 0.717) is 58.6 Å². The quantitative estimate of drug-likeness (QED) is 0.140. The minimum atomic E-state index is -0.123. The maximum Gasteiger partial charge on any atom is 0.243 e. The molecule has 0 fully saturated rings. The molecule has 1 aromatic rings. The zero-order valence-electron chi connectivity index (χ0n) is 17.8. The molecule has 170 valence electrons. The van der Waals surface area contributed by atoms with Gasteiger partial charge in [0.15, 0.2) is 5.96 Å². The van der Waals surface area contributed by atoms with Crippen molar-refractivity contribution >= 4 is 17.6 Å². The van der Waals surface area contributed by atoms with E-state index in [4.69, 9.17) is 24.8 Å². The molecule has 1 amide bonds. The standard InChI is InChI=1S/C20H35N5O5/c1-27-12-13-28-14-15-29-16-17-30-25-19(26)6-4-2-3-5-9-23-20(21)24-18-7-10-22-11-8-18/h7-8,10-11H,2-6,9,12-17H2,1H3,(H,25,26)(H3,21,22,23,24). The molecule has 10 heteroatoms. The van der Waals surface area contributed by atoms with E-state index < -0.39 is 0 Å². The second kappa shape index (κ2) is 18.7. The van der Waals surface area contributed by atoms with Crippen LogP contribution >= 0.6 is 0 Å². The summed E-state index contributed by atoms with van der Waals surface area (Å²) in [6, 6.07) is 3.65. The lowest BCUT2D eigenvalue weighted by atomic mass is 10.1. The Labute approximate surface area is 178 Å². The number of hydrogen-bond acceptors (Lipinski definition) is 7. The lowest BCUT2D eigenvalue weighted by Crippen LogP contribution is -2.25. The first-order chi connectivity index (χ1) is 14.7. The zero-order valence-corrected chi connectivity index (χ0v) is 17.8. The second-order valence-electron chi connectivity index (χ2n) is 6.38. The summed E-state index contributed by atoms with van der Waals surface area (Å²) < 4.78 is 15.4. The van der Waals surface area contributed by atoms with E-state index in [-0.39, 0.29) is 5.91 Å². The topological polar surface area (TPSA) is 129 Å². The number of anilines is 1. The van der Waals surface area contributed by atoms with Gasteiger partial charge in [-0.15, -0.1) is 0 Å². The van der Waals surface area contributed by atoms with Crippen molar-refractivity contribution in [1.29, 1.82) is 0 Å². The number of carbonyl (C=O) groups is 1. The molecule has 0 aliphatic carbocycles. The largest absolute Gasteiger partial charge is 0.382 e. The SMILES string of the molecule is COCCOCCOCCONC(=O)CCCCCCN=C(N)Nc1ccncc1. The van der Waals surface area contributed by atoms with Crippen molar-refractivity contribution in [2.45, 2.75) is 32.1 Å². The smallest absolute Gasteiger partial charge is 0.243 e. The summed E-state index contributed by atoms with van der Waals surface area (Å²) in [6.07, 6.45) is 7.47. The Balaban J connectivity index is 1.86. The predicted molar refractivity (Wildman–Crippen MR) is 115 cm³/mol. The molecule has 10 nitrogen and oxygen atoms in total. The average Bonchev–Trinajstić information content (AvgIpc) is 2.75. The van der Waals surface area contributed by atoms with Gasteiger partial charge in [0.1, 0.15) is 0 Å². The van der Waals surface area contributed by atoms with Gasteiger partial charge in [-0.25, -0.2) is 5.48 Å². The number of amides is 1. The van der Waals surface area contributed by atoms with Gasteiger partial charge >= 0.3 is 0 Å². The van der Waals surface area contributed by atoms with Crippen molar-refractivity contribution in [1.82, 2.24) is 10.5 Å². The van der Waals surface area contributed by atoms with E-state index in [1.54, 1.807) is 19.5 Å². The Hall–Kier alpha value is -2.27. The third kappa shape index (κ3) is 15.6. The normalized spacial score (nSPS) is 11.4. The number of nitrogens with two attached hydrogens (primary N) is 1. The van der Waals surface area contributed by atoms with Gasteiger partial charge in [0.25, 0.3) is 0 Å². The fourth-order valence-corrected chi connectivity index (χ4v) is 2.32. The molecule has 0 bridgehead atoms. The van der Waals surface area contributed by atoms with E-state index in [2.05, 4.69) is 20.8 Å². The molecule has 0 unspecified atom stereocenters. The highest BCUT2D eigenvalue weighted by atomic mass is 16.7. The van der Waals surface area contributed by atoms with Crippen molar-refractivity contribution in [3.63, 3.8) is 0 Å². The van der Waals surface area contributed by atoms with E-state index >= 15 is 0 Å². The molecule has 1 aromatic heterocycles. The zero-order chi connectivity index (χ0) is 21.7. The number of hydrogen-bond donors (Lipinski definition) is 3. The summed E-state index contributed by atoms with van der Waals surface area (Å²) in [7, 11) is 1.63. The number of nitrogens with one attached hydrogen (secondary N) is 2. The van der Waals surface area contributed by atoms with Gasteiger partial charge in [-0.3, -0.25) is 19.6 Å². The number of ether oxygens (including phenoxy) is 3. The molecule has 1 heterocycles. The first-order valence-electron chi connectivity index (χ1n) is 10.2. The molecule has 0 atom stereocenters. The summed E-state index contributed by atoms with van der Waals surface area (Å²) in [4.78, 5) is 25.0. The lowest BCUT2D eigenvalue weighted by Gasteiger charge is -2.07. The predicted octanol–water partition coefficient (Wildman–Crippen LogP) is 1.49. The molecule has 1 rings (SSSR count). The van der Waals surface area contributed by atoms with Gasteiger partial charge in [0, 0.05) is 38.2 Å². The van der Waals surface area contributed by atoms with E-state index in [9.17, 15) is 4.79 Å². The van der Waals surface area contributed by atoms with Crippen LogP contribution in [0.4, 0.5) is 5.69 Å². The fourth-order valence-electron chi connectivity index (χ4n) is 2.32. The number of unbranched alkanes of at least 4 members (excludes halogenated alkanes) is 3. The number of methoxy groups -OCH3 is 1. The Kier molecular flexibility index (Phi) is 16.1. The maximum absolute atomic E-state index is 11.7. The van der Waals surface area contributed by atoms with E-state index in [1.165, 1.54) is 0 Å². The highest BCUT2D eigenvalue weighted by Gasteiger charge is 2.01. The van der Waals surface area contributed by atoms with Crippen LogP contribution in [0.3, 0.4) is 0 Å². The molecule has 0 saturated carbocycles. The molecule has 0 aliphatic rings. The van der Waals surface area contributed by atoms with E-state index in [0.717, 1.165) is 31.4 Å². The van der Waals surface area contributed by atoms with Crippen LogP contribution in [0, 0.1) is 0 Å². The lowest BCUT2D eigenvalue weighted by molar-refractivity contribution is -0.135. The molecule has 0 radical (unpaired) electrons. The first kappa shape index (κ1) is 25.8. The summed E-state index contributed by atoms with van der Waals surface area (Å²) in [5.74, 6) is 0.266. The summed E-state index contributed by atoms with van der Waals surface area (Å²) in [5.41, 5.74) is 9.11. The van der Waals surface area contributed by atoms with Crippen LogP contribution in [0.2, 0.25) is 0 Å². The molecule has 0 aliphatic heterocycles. The van der Waals surface area contributed by atoms with Crippen molar-refractivity contribution in [3.05, 3.63) is 24.5 Å². The number of aliphatic imine (C=N–C) groups is 1. The Morgan fingerprint density at radius 2 is 1.67 bits per heavy atom. The van der Waals surface area contributed by atoms with Crippen molar-refractivity contribution < 1.29 is 23.8 Å². The van der Waals surface area contributed by atoms with Crippen LogP contribution in [0.1, 0.15) is 32.1 Å². The number of aromatic nitrogens is 1. The minimum absolute atomic E-state index is 0.123. The minimum Gasteiger partial charge on any atom is -0.382 e. The number of hydroxylamine groups is 1. The van der Waals surface area contributed by atoms with Gasteiger partial charge in [-0.1, -0.05) is 12.8 Å². The van der Waals surface area contributed by atoms with Crippen molar-refractivity contribution in [2.75, 3.05) is 58.6 Å². The van der Waals surface area contributed by atoms with Gasteiger partial charge in [0.2, 0.25) is 5.91 Å². The third-order valence-corrected chi connectivity index (χ3v) is 3.87. The highest BCUT2D eigenvalue weighted by molar-refractivity contribution is 5.92. The van der Waals surface area contributed by atoms with Crippen molar-refractivity contribution in [2.24, 2.45) is 10.7 Å². The first-order valence-corrected chi connectivity index (χ1v) is 10.2. The van der Waals surface area contributed by atoms with Crippen LogP contribution in [0.15, 0.2) is 29.5 Å². The molecule has 30 heavy (non-hydrogen) atoms. The number of nitrogens with zero attached hydrogens (tertiary/aromatic N) is 2. The van der Waals surface area contributed by atoms with Crippen LogP contribution < -0.4 is 16.5 Å². The van der Waals surface area contributed by atoms with Crippen LogP contribution in [-0.4, -0.2) is 70.1 Å². The fraction of sp³-hybridized carbons (Fsp3) is 0.650. The van der Waals surface area contributed by atoms with Crippen LogP contribution in [0.25, 0.3) is 0 Å². The highest BCUT2D eigenvalue weighted by Crippen LogP contribution is 2.04. The number of pyridine rings is 1. The number of carbonyl (C=O) groups excluding carboxylic acids is 1. The summed E-state index contributed by atoms with van der Waals surface area (Å²) >= 11 is 0. The average molecular weight is 426 g/mol. The number of rotatable bonds is 18. The Bertz CT molecular complexity index is 574. The molecule has 0 aromatic carbocycles. The third-order valence-electron chi connectivity index (χ3n) is 3.87. The van der Waals surface area contributed by atoms with Gasteiger partial charge in [0.05, 0.1) is 39.6 Å². The summed E-state index contributed by atoms with van der Waals surface area (Å²) in [5, 5.41) is 3.01. The molecular formula is C20H35N5O5. The van der Waals surface area contributed by atoms with Crippen LogP contribution in [-0.2, 0) is 23.8 Å². The molecule has 0 spiro atoms. The monoisotopic (exact) mass is 425 g/mol. The second-order valence-corrected chi connectivity index (χ2v) is 6.38. The number of guanidine groups is 1. The van der Waals surface area contributed by atoms with Gasteiger partial charge in [-0.2, -0.15) is 0 Å². The van der Waals surface area contributed by atoms with Gasteiger partial charge in [-0.05, 0) is 25.0 Å². The molecular weight excluding hydrogens is 390 g/mol. The molecule has 0 saturated heterocycles. The van der Waals surface area contributed by atoms with Crippen LogP contribution in [0.5, 0.6) is 0 Å². The Morgan fingerprint density at radius 1 is 1.00 bits per heavy atom. The Morgan fingerprint density at radius 3 is 2.40 bits per heavy atom. The van der Waals surface area contributed by atoms with Crippen molar-refractivity contribution in [3.8, 4) is 0 Å².